The van der Waals surface area contributed by atoms with E-state index >= 15 is 0 Å². The van der Waals surface area contributed by atoms with Crippen molar-refractivity contribution in [2.45, 2.75) is 341 Å². The molecule has 1 atom stereocenters. The van der Waals surface area contributed by atoms with E-state index < -0.39 is 6.10 Å². The molecule has 6 nitrogen and oxygen atoms in total. The minimum atomic E-state index is -0.787. The van der Waals surface area contributed by atoms with E-state index in [4.69, 9.17) is 14.2 Å². The summed E-state index contributed by atoms with van der Waals surface area (Å²) in [7, 11) is 0. The van der Waals surface area contributed by atoms with Gasteiger partial charge in [0.25, 0.3) is 0 Å². The fourth-order valence-electron chi connectivity index (χ4n) is 9.58. The van der Waals surface area contributed by atoms with Crippen molar-refractivity contribution in [3.8, 4) is 0 Å². The molecule has 0 radical (unpaired) electrons. The summed E-state index contributed by atoms with van der Waals surface area (Å²) in [5.74, 6) is -0.888. The minimum absolute atomic E-state index is 0.0830. The van der Waals surface area contributed by atoms with Gasteiger partial charge in [0.05, 0.1) is 0 Å². The molecule has 0 saturated carbocycles. The smallest absolute Gasteiger partial charge is 0.306 e. The lowest BCUT2D eigenvalue weighted by molar-refractivity contribution is -0.167. The van der Waals surface area contributed by atoms with Crippen LogP contribution < -0.4 is 0 Å². The first kappa shape index (κ1) is 74.6. The van der Waals surface area contributed by atoms with Crippen LogP contribution in [0.4, 0.5) is 0 Å². The first-order valence-electron chi connectivity index (χ1n) is 33.6. The Hall–Kier alpha value is -3.41. The number of carbonyl (C=O) groups excluding carboxylic acids is 3. The standard InChI is InChI=1S/C72H126O6/c1-4-7-10-13-16-19-22-25-28-30-32-34-36-38-40-42-44-47-50-53-56-59-62-65-71(74)77-68-69(67-76-70(73)64-61-58-55-52-49-46-27-24-21-18-15-12-9-6-3)78-72(75)66-63-60-57-54-51-48-45-43-41-39-37-35-33-31-29-26-23-20-17-14-11-8-5-2/h7,10,16,19,24-25,27-28,31-34,38,40,69H,4-6,8-9,11-15,17-18,20-23,26,29-30,35-37,39,41-68H2,1-3H3/b10-7-,19-16-,27-24-,28-25-,33-31-,34-32-,40-38-. The van der Waals surface area contributed by atoms with Crippen molar-refractivity contribution in [3.05, 3.63) is 85.1 Å². The number of hydrogen-bond donors (Lipinski definition) is 0. The summed E-state index contributed by atoms with van der Waals surface area (Å²) in [6.07, 6.45) is 87.3. The maximum Gasteiger partial charge on any atom is 0.306 e. The Morgan fingerprint density at radius 3 is 0.795 bits per heavy atom. The van der Waals surface area contributed by atoms with E-state index in [1.807, 2.05) is 0 Å². The number of rotatable bonds is 61. The Morgan fingerprint density at radius 2 is 0.500 bits per heavy atom. The molecule has 0 saturated heterocycles. The van der Waals surface area contributed by atoms with Gasteiger partial charge >= 0.3 is 17.9 Å². The second kappa shape index (κ2) is 66.1. The highest BCUT2D eigenvalue weighted by atomic mass is 16.6. The van der Waals surface area contributed by atoms with E-state index in [1.165, 1.54) is 193 Å². The first-order chi connectivity index (χ1) is 38.5. The maximum atomic E-state index is 12.9. The van der Waals surface area contributed by atoms with Crippen LogP contribution in [0.2, 0.25) is 0 Å². The second-order valence-corrected chi connectivity index (χ2v) is 22.3. The highest BCUT2D eigenvalue weighted by molar-refractivity contribution is 5.71. The van der Waals surface area contributed by atoms with E-state index in [9.17, 15) is 14.4 Å². The molecule has 0 aliphatic carbocycles. The molecule has 0 N–H and O–H groups in total. The third-order valence-electron chi connectivity index (χ3n) is 14.6. The summed E-state index contributed by atoms with van der Waals surface area (Å²) in [6, 6.07) is 0. The lowest BCUT2D eigenvalue weighted by atomic mass is 10.0. The fourth-order valence-corrected chi connectivity index (χ4v) is 9.58. The Bertz CT molecular complexity index is 1480. The molecule has 0 bridgehead atoms. The van der Waals surface area contributed by atoms with Crippen molar-refractivity contribution in [1.29, 1.82) is 0 Å². The van der Waals surface area contributed by atoms with Gasteiger partial charge in [-0.2, -0.15) is 0 Å². The average molecular weight is 1090 g/mol. The largest absolute Gasteiger partial charge is 0.462 e. The molecule has 0 aromatic heterocycles. The molecular weight excluding hydrogens is 961 g/mol. The van der Waals surface area contributed by atoms with Crippen LogP contribution in [0.3, 0.4) is 0 Å². The number of hydrogen-bond acceptors (Lipinski definition) is 6. The zero-order chi connectivity index (χ0) is 56.4. The number of ether oxygens (including phenoxy) is 3. The lowest BCUT2D eigenvalue weighted by Gasteiger charge is -2.18. The van der Waals surface area contributed by atoms with Crippen molar-refractivity contribution in [1.82, 2.24) is 0 Å². The summed E-state index contributed by atoms with van der Waals surface area (Å²) >= 11 is 0. The molecule has 0 spiro atoms. The molecule has 450 valence electrons. The number of unbranched alkanes of at least 4 members (excludes halogenated alkanes) is 36. The van der Waals surface area contributed by atoms with Crippen molar-refractivity contribution in [2.24, 2.45) is 0 Å². The van der Waals surface area contributed by atoms with E-state index in [0.29, 0.717) is 19.3 Å². The molecule has 0 aliphatic rings. The molecule has 0 rings (SSSR count). The van der Waals surface area contributed by atoms with Crippen LogP contribution >= 0.6 is 0 Å². The van der Waals surface area contributed by atoms with Crippen LogP contribution in [0.25, 0.3) is 0 Å². The fraction of sp³-hybridized carbons (Fsp3) is 0.764. The van der Waals surface area contributed by atoms with Crippen molar-refractivity contribution in [2.75, 3.05) is 13.2 Å². The SMILES string of the molecule is CC/C=C\C/C=C\C/C=C\C/C=C\C/C=C\CCCCCCCCCC(=O)OCC(COC(=O)CCCCCCC/C=C\CCCCCCC)OC(=O)CCCCCCCCCCCCC/C=C\CCCCCCCCCC. The Kier molecular flexibility index (Phi) is 63.2. The zero-order valence-corrected chi connectivity index (χ0v) is 51.7. The quantitative estimate of drug-likeness (QED) is 0.0261. The third-order valence-corrected chi connectivity index (χ3v) is 14.6. The molecular formula is C72H126O6. The van der Waals surface area contributed by atoms with Gasteiger partial charge in [0, 0.05) is 19.3 Å². The number of allylic oxidation sites excluding steroid dienone is 14. The van der Waals surface area contributed by atoms with Crippen LogP contribution in [-0.2, 0) is 28.6 Å². The number of esters is 3. The molecule has 0 heterocycles. The lowest BCUT2D eigenvalue weighted by Crippen LogP contribution is -2.30. The molecule has 6 heteroatoms. The molecule has 78 heavy (non-hydrogen) atoms. The summed E-state index contributed by atoms with van der Waals surface area (Å²) in [4.78, 5) is 38.4. The average Bonchev–Trinajstić information content (AvgIpc) is 3.44. The van der Waals surface area contributed by atoms with Gasteiger partial charge in [-0.05, 0) is 116 Å². The summed E-state index contributed by atoms with van der Waals surface area (Å²) in [5, 5.41) is 0. The van der Waals surface area contributed by atoms with Gasteiger partial charge in [-0.3, -0.25) is 14.4 Å². The zero-order valence-electron chi connectivity index (χ0n) is 51.7. The van der Waals surface area contributed by atoms with Gasteiger partial charge in [0.15, 0.2) is 6.10 Å². The predicted octanol–water partition coefficient (Wildman–Crippen LogP) is 23.1. The van der Waals surface area contributed by atoms with Crippen LogP contribution in [0.5, 0.6) is 0 Å². The van der Waals surface area contributed by atoms with E-state index in [0.717, 1.165) is 103 Å². The monoisotopic (exact) mass is 1090 g/mol. The van der Waals surface area contributed by atoms with E-state index in [2.05, 4.69) is 106 Å². The highest BCUT2D eigenvalue weighted by Crippen LogP contribution is 2.16. The van der Waals surface area contributed by atoms with Crippen LogP contribution in [-0.4, -0.2) is 37.2 Å². The topological polar surface area (TPSA) is 78.9 Å². The second-order valence-electron chi connectivity index (χ2n) is 22.3. The predicted molar refractivity (Wildman–Crippen MR) is 339 cm³/mol. The maximum absolute atomic E-state index is 12.9. The van der Waals surface area contributed by atoms with E-state index in [1.54, 1.807) is 0 Å². The molecule has 0 aliphatic heterocycles. The molecule has 0 amide bonds. The third kappa shape index (κ3) is 63.4. The Labute approximate surface area is 484 Å². The molecule has 0 fully saturated rings. The van der Waals surface area contributed by atoms with E-state index in [-0.39, 0.29) is 31.1 Å². The first-order valence-corrected chi connectivity index (χ1v) is 33.6. The molecule has 0 aromatic carbocycles. The molecule has 0 aromatic rings. The summed E-state index contributed by atoms with van der Waals surface area (Å²) in [5.41, 5.74) is 0. The van der Waals surface area contributed by atoms with Gasteiger partial charge in [-0.1, -0.05) is 286 Å². The van der Waals surface area contributed by atoms with Crippen LogP contribution in [0.1, 0.15) is 335 Å². The van der Waals surface area contributed by atoms with Gasteiger partial charge in [-0.15, -0.1) is 0 Å². The van der Waals surface area contributed by atoms with Crippen molar-refractivity contribution >= 4 is 17.9 Å². The van der Waals surface area contributed by atoms with Crippen molar-refractivity contribution < 1.29 is 28.6 Å². The van der Waals surface area contributed by atoms with Gasteiger partial charge in [-0.25, -0.2) is 0 Å². The van der Waals surface area contributed by atoms with Gasteiger partial charge in [0.2, 0.25) is 0 Å². The number of carbonyl (C=O) groups is 3. The summed E-state index contributed by atoms with van der Waals surface area (Å²) in [6.45, 7) is 6.54. The van der Waals surface area contributed by atoms with Crippen LogP contribution in [0.15, 0.2) is 85.1 Å². The van der Waals surface area contributed by atoms with Crippen molar-refractivity contribution in [3.63, 3.8) is 0 Å². The normalized spacial score (nSPS) is 12.6. The summed E-state index contributed by atoms with van der Waals surface area (Å²) < 4.78 is 17.0. The Morgan fingerprint density at radius 1 is 0.269 bits per heavy atom. The minimum Gasteiger partial charge on any atom is -0.462 e. The highest BCUT2D eigenvalue weighted by Gasteiger charge is 2.19. The van der Waals surface area contributed by atoms with Gasteiger partial charge in [0.1, 0.15) is 13.2 Å². The molecule has 1 unspecified atom stereocenters. The van der Waals surface area contributed by atoms with Gasteiger partial charge < -0.3 is 14.2 Å². The Balaban J connectivity index is 4.35. The van der Waals surface area contributed by atoms with Crippen LogP contribution in [0, 0.1) is 0 Å².